The number of methoxy groups -OCH3 is 2. The number of fused-ring (bicyclic) bond motifs is 3. The summed E-state index contributed by atoms with van der Waals surface area (Å²) in [5.74, 6) is -1.31. The number of β-amino-alcohol motifs (C(OH)–C–C–N with tert-alkyl or cyclic N) is 1. The molecular formula is C40H49F2N5O6. The van der Waals surface area contributed by atoms with E-state index >= 15 is 8.78 Å². The average molecular weight is 734 g/mol. The molecule has 2 aliphatic heterocycles. The molecular weight excluding hydrogens is 684 g/mol. The number of halogens is 2. The number of piperidine rings is 1. The van der Waals surface area contributed by atoms with Crippen LogP contribution in [0.1, 0.15) is 58.8 Å². The highest BCUT2D eigenvalue weighted by molar-refractivity contribution is 6.02. The number of pyridine rings is 1. The lowest BCUT2D eigenvalue weighted by molar-refractivity contribution is -0.0877. The van der Waals surface area contributed by atoms with Crippen LogP contribution < -0.4 is 14.4 Å². The van der Waals surface area contributed by atoms with E-state index < -0.39 is 17.2 Å². The third-order valence-corrected chi connectivity index (χ3v) is 12.1. The Morgan fingerprint density at radius 2 is 1.83 bits per heavy atom. The van der Waals surface area contributed by atoms with Gasteiger partial charge in [-0.05, 0) is 81.0 Å². The minimum Gasteiger partial charge on any atom is -0.508 e. The molecule has 3 atom stereocenters. The molecule has 11 nitrogen and oxygen atoms in total. The molecule has 4 heterocycles. The zero-order chi connectivity index (χ0) is 37.1. The Morgan fingerprint density at radius 3 is 2.62 bits per heavy atom. The van der Waals surface area contributed by atoms with Gasteiger partial charge < -0.3 is 34.1 Å². The lowest BCUT2D eigenvalue weighted by atomic mass is 9.66. The predicted octanol–water partition coefficient (Wildman–Crippen LogP) is 6.25. The van der Waals surface area contributed by atoms with Gasteiger partial charge >= 0.3 is 6.01 Å². The van der Waals surface area contributed by atoms with Crippen molar-refractivity contribution in [3.05, 3.63) is 42.0 Å². The number of hydrogen-bond donors (Lipinski definition) is 2. The molecule has 4 aliphatic rings. The summed E-state index contributed by atoms with van der Waals surface area (Å²) in [5.41, 5.74) is -1.41. The summed E-state index contributed by atoms with van der Waals surface area (Å²) in [6.07, 6.45) is 7.75. The number of ether oxygens (including phenoxy) is 4. The van der Waals surface area contributed by atoms with Gasteiger partial charge in [-0.25, -0.2) is 13.8 Å². The third-order valence-electron chi connectivity index (χ3n) is 12.1. The Labute approximate surface area is 308 Å². The lowest BCUT2D eigenvalue weighted by Gasteiger charge is -2.52. The number of benzene rings is 2. The van der Waals surface area contributed by atoms with Crippen molar-refractivity contribution in [2.75, 3.05) is 65.1 Å². The number of nitrogens with zero attached hydrogens (tertiary/aromatic N) is 5. The summed E-state index contributed by atoms with van der Waals surface area (Å²) >= 11 is 0. The number of hydrogen-bond acceptors (Lipinski definition) is 11. The number of aromatic hydroxyl groups is 1. The van der Waals surface area contributed by atoms with E-state index in [0.29, 0.717) is 37.3 Å². The van der Waals surface area contributed by atoms with Crippen LogP contribution >= 0.6 is 0 Å². The molecule has 0 radical (unpaired) electrons. The molecule has 8 rings (SSSR count). The zero-order valence-electron chi connectivity index (χ0n) is 31.0. The molecule has 0 bridgehead atoms. The summed E-state index contributed by atoms with van der Waals surface area (Å²) in [6.45, 7) is 7.39. The normalized spacial score (nSPS) is 29.2. The van der Waals surface area contributed by atoms with E-state index in [1.54, 1.807) is 20.1 Å². The van der Waals surface area contributed by atoms with Crippen LogP contribution in [0.3, 0.4) is 0 Å². The van der Waals surface area contributed by atoms with Gasteiger partial charge in [-0.1, -0.05) is 25.5 Å². The summed E-state index contributed by atoms with van der Waals surface area (Å²) in [5, 5.41) is 22.4. The summed E-state index contributed by atoms with van der Waals surface area (Å²) in [6, 6.07) is 7.51. The van der Waals surface area contributed by atoms with Crippen molar-refractivity contribution in [2.24, 2.45) is 10.8 Å². The fourth-order valence-corrected chi connectivity index (χ4v) is 9.69. The molecule has 1 unspecified atom stereocenters. The maximum atomic E-state index is 17.2. The highest BCUT2D eigenvalue weighted by Crippen LogP contribution is 2.51. The zero-order valence-corrected chi connectivity index (χ0v) is 31.0. The Morgan fingerprint density at radius 1 is 1.02 bits per heavy atom. The molecule has 284 valence electrons. The summed E-state index contributed by atoms with van der Waals surface area (Å²) in [7, 11) is 3.20. The van der Waals surface area contributed by atoms with Crippen LogP contribution in [0.5, 0.6) is 17.6 Å². The molecule has 2 aliphatic carbocycles. The fraction of sp³-hybridized carbons (Fsp3) is 0.575. The van der Waals surface area contributed by atoms with Crippen LogP contribution in [-0.4, -0.2) is 108 Å². The van der Waals surface area contributed by atoms with Crippen LogP contribution in [-0.2, 0) is 9.47 Å². The lowest BCUT2D eigenvalue weighted by Crippen LogP contribution is -2.57. The standard InChI is InChI=1S/C40H49F2N5O6/c1-38(18-26(19-38)50-3)20-46-13-7-12-40(11-6-10-29(40)46)23-53-37-44-34-31(35(45-37)47-14-15-52-22-39(2,49)21-47)36(51-4)43-33(32(34)42)27-17-25(48)16-24-8-5-9-28(41)30(24)27/h5,8-9,16-17,26,29,48-49H,6-7,10-15,18-23H2,1-4H3/t26?,29?,38?,39-,40+/m0/s1. The van der Waals surface area contributed by atoms with Crippen LogP contribution in [0.15, 0.2) is 30.3 Å². The van der Waals surface area contributed by atoms with Crippen molar-refractivity contribution in [3.8, 4) is 28.9 Å². The molecule has 53 heavy (non-hydrogen) atoms. The molecule has 4 aromatic rings. The Hall–Kier alpha value is -3.91. The smallest absolute Gasteiger partial charge is 0.319 e. The van der Waals surface area contributed by atoms with Crippen LogP contribution in [0.2, 0.25) is 0 Å². The molecule has 2 saturated heterocycles. The maximum absolute atomic E-state index is 17.2. The van der Waals surface area contributed by atoms with E-state index in [1.807, 2.05) is 4.90 Å². The highest BCUT2D eigenvalue weighted by Gasteiger charge is 2.51. The monoisotopic (exact) mass is 733 g/mol. The fourth-order valence-electron chi connectivity index (χ4n) is 9.69. The van der Waals surface area contributed by atoms with Crippen molar-refractivity contribution >= 4 is 27.5 Å². The van der Waals surface area contributed by atoms with E-state index in [0.717, 1.165) is 58.0 Å². The first-order chi connectivity index (χ1) is 25.4. The van der Waals surface area contributed by atoms with Crippen LogP contribution in [0.4, 0.5) is 14.6 Å². The number of aromatic nitrogens is 3. The third kappa shape index (κ3) is 6.63. The second kappa shape index (κ2) is 13.7. The van der Waals surface area contributed by atoms with Gasteiger partial charge in [0.1, 0.15) is 39.6 Å². The van der Waals surface area contributed by atoms with Gasteiger partial charge in [0.25, 0.3) is 0 Å². The number of rotatable bonds is 9. The first-order valence-corrected chi connectivity index (χ1v) is 18.7. The molecule has 4 fully saturated rings. The molecule has 0 spiro atoms. The van der Waals surface area contributed by atoms with E-state index in [4.69, 9.17) is 28.9 Å². The van der Waals surface area contributed by atoms with E-state index in [1.165, 1.54) is 31.4 Å². The van der Waals surface area contributed by atoms with E-state index in [9.17, 15) is 10.2 Å². The minimum absolute atomic E-state index is 0.00611. The Balaban J connectivity index is 1.21. The Bertz CT molecular complexity index is 2030. The quantitative estimate of drug-likeness (QED) is 0.203. The van der Waals surface area contributed by atoms with Gasteiger partial charge in [0.05, 0.1) is 39.6 Å². The number of anilines is 1. The number of likely N-dealkylation sites (tertiary alicyclic amines) is 1. The van der Waals surface area contributed by atoms with Gasteiger partial charge in [-0.15, -0.1) is 0 Å². The van der Waals surface area contributed by atoms with Gasteiger partial charge in [0, 0.05) is 42.6 Å². The van der Waals surface area contributed by atoms with Crippen LogP contribution in [0, 0.1) is 22.5 Å². The van der Waals surface area contributed by atoms with Crippen molar-refractivity contribution in [3.63, 3.8) is 0 Å². The SMILES string of the molecule is COc1nc(-c2cc(O)cc3cccc(F)c23)c(F)c2nc(OC[C@]34CCCC3N(CC3(C)CC(OC)C3)CCC4)nc(N3CCOC[C@@](C)(O)C3)c12. The van der Waals surface area contributed by atoms with Crippen LogP contribution in [0.25, 0.3) is 32.9 Å². The molecule has 2 aromatic heterocycles. The molecule has 2 saturated carbocycles. The predicted molar refractivity (Wildman–Crippen MR) is 197 cm³/mol. The average Bonchev–Trinajstić information content (AvgIpc) is 3.47. The van der Waals surface area contributed by atoms with Gasteiger partial charge in [0.15, 0.2) is 5.82 Å². The van der Waals surface area contributed by atoms with Crippen molar-refractivity contribution in [1.29, 1.82) is 0 Å². The number of aliphatic hydroxyl groups is 1. The largest absolute Gasteiger partial charge is 0.508 e. The molecule has 0 amide bonds. The van der Waals surface area contributed by atoms with Crippen molar-refractivity contribution in [2.45, 2.75) is 76.5 Å². The number of phenols is 1. The van der Waals surface area contributed by atoms with Crippen molar-refractivity contribution in [1.82, 2.24) is 19.9 Å². The summed E-state index contributed by atoms with van der Waals surface area (Å²) < 4.78 is 56.2. The van der Waals surface area contributed by atoms with Gasteiger partial charge in [0.2, 0.25) is 5.88 Å². The van der Waals surface area contributed by atoms with Gasteiger partial charge in [-0.2, -0.15) is 9.97 Å². The second-order valence-corrected chi connectivity index (χ2v) is 16.3. The van der Waals surface area contributed by atoms with E-state index in [-0.39, 0.29) is 75.0 Å². The first-order valence-electron chi connectivity index (χ1n) is 18.7. The maximum Gasteiger partial charge on any atom is 0.319 e. The molecule has 2 aromatic carbocycles. The van der Waals surface area contributed by atoms with Gasteiger partial charge in [-0.3, -0.25) is 4.90 Å². The minimum atomic E-state index is -1.23. The van der Waals surface area contributed by atoms with E-state index in [2.05, 4.69) is 16.8 Å². The Kier molecular flexibility index (Phi) is 9.36. The topological polar surface area (TPSA) is 123 Å². The number of phenolic OH excluding ortho intramolecular Hbond substituents is 1. The molecule has 2 N–H and O–H groups in total. The summed E-state index contributed by atoms with van der Waals surface area (Å²) in [4.78, 5) is 18.6. The second-order valence-electron chi connectivity index (χ2n) is 16.3. The van der Waals surface area contributed by atoms with Crippen molar-refractivity contribution < 1.29 is 37.9 Å². The molecule has 13 heteroatoms. The highest BCUT2D eigenvalue weighted by atomic mass is 19.1. The first kappa shape index (κ1) is 36.1.